The predicted molar refractivity (Wildman–Crippen MR) is 97.9 cm³/mol. The maximum Gasteiger partial charge on any atom is 0.203 e. The van der Waals surface area contributed by atoms with Crippen molar-refractivity contribution in [3.8, 4) is 11.4 Å². The Morgan fingerprint density at radius 2 is 2.12 bits per heavy atom. The second-order valence-corrected chi connectivity index (χ2v) is 6.77. The fourth-order valence-corrected chi connectivity index (χ4v) is 3.78. The highest BCUT2D eigenvalue weighted by Crippen LogP contribution is 2.30. The zero-order chi connectivity index (χ0) is 17.5. The molecule has 2 aromatic carbocycles. The molecule has 0 fully saturated rings. The standard InChI is InChI=1S/C21H19N3O2/c25-21(20-11-14-4-1-2-7-19(14)26-20)15-5-3-6-16(10-15)24-13-23-17-12-22-9-8-18(17)24/h1-7,10,13,20,22H,8-9,11-12H2. The molecule has 2 aliphatic heterocycles. The summed E-state index contributed by atoms with van der Waals surface area (Å²) in [4.78, 5) is 17.5. The van der Waals surface area contributed by atoms with Crippen molar-refractivity contribution in [3.05, 3.63) is 77.4 Å². The minimum atomic E-state index is -0.441. The van der Waals surface area contributed by atoms with Crippen molar-refractivity contribution >= 4 is 5.78 Å². The predicted octanol–water partition coefficient (Wildman–Crippen LogP) is 2.70. The number of nitrogens with zero attached hydrogens (tertiary/aromatic N) is 2. The van der Waals surface area contributed by atoms with Crippen LogP contribution in [0.5, 0.6) is 5.75 Å². The van der Waals surface area contributed by atoms with Crippen molar-refractivity contribution < 1.29 is 9.53 Å². The number of ether oxygens (including phenoxy) is 1. The molecule has 0 aliphatic carbocycles. The largest absolute Gasteiger partial charge is 0.482 e. The van der Waals surface area contributed by atoms with E-state index in [-0.39, 0.29) is 5.78 Å². The van der Waals surface area contributed by atoms with Gasteiger partial charge < -0.3 is 14.6 Å². The van der Waals surface area contributed by atoms with Crippen LogP contribution in [0.1, 0.15) is 27.3 Å². The molecule has 1 atom stereocenters. The Bertz CT molecular complexity index is 967. The molecule has 5 heteroatoms. The van der Waals surface area contributed by atoms with Gasteiger partial charge in [-0.15, -0.1) is 0 Å². The number of aromatic nitrogens is 2. The second-order valence-electron chi connectivity index (χ2n) is 6.77. The van der Waals surface area contributed by atoms with Crippen molar-refractivity contribution in [2.75, 3.05) is 6.54 Å². The topological polar surface area (TPSA) is 56.2 Å². The van der Waals surface area contributed by atoms with E-state index in [0.717, 1.165) is 42.2 Å². The lowest BCUT2D eigenvalue weighted by Gasteiger charge is -2.16. The third kappa shape index (κ3) is 2.52. The molecule has 3 heterocycles. The van der Waals surface area contributed by atoms with E-state index in [9.17, 15) is 4.79 Å². The number of imidazole rings is 1. The Labute approximate surface area is 151 Å². The number of rotatable bonds is 3. The van der Waals surface area contributed by atoms with E-state index in [2.05, 4.69) is 14.9 Å². The summed E-state index contributed by atoms with van der Waals surface area (Å²) in [6.45, 7) is 1.75. The monoisotopic (exact) mass is 345 g/mol. The first-order valence-electron chi connectivity index (χ1n) is 8.94. The van der Waals surface area contributed by atoms with Crippen LogP contribution >= 0.6 is 0 Å². The molecule has 0 saturated carbocycles. The number of ketones is 1. The summed E-state index contributed by atoms with van der Waals surface area (Å²) >= 11 is 0. The molecule has 1 aromatic heterocycles. The van der Waals surface area contributed by atoms with Crippen molar-refractivity contribution in [2.45, 2.75) is 25.5 Å². The van der Waals surface area contributed by atoms with Crippen LogP contribution in [-0.4, -0.2) is 28.0 Å². The number of benzene rings is 2. The summed E-state index contributed by atoms with van der Waals surface area (Å²) < 4.78 is 7.96. The quantitative estimate of drug-likeness (QED) is 0.742. The number of hydrogen-bond donors (Lipinski definition) is 1. The molecule has 0 amide bonds. The molecular formula is C21H19N3O2. The molecule has 0 spiro atoms. The van der Waals surface area contributed by atoms with E-state index in [4.69, 9.17) is 4.74 Å². The average Bonchev–Trinajstić information content (AvgIpc) is 3.31. The van der Waals surface area contributed by atoms with Crippen LogP contribution in [0.4, 0.5) is 0 Å². The average molecular weight is 345 g/mol. The van der Waals surface area contributed by atoms with E-state index in [1.54, 1.807) is 0 Å². The molecule has 3 aromatic rings. The van der Waals surface area contributed by atoms with Crippen molar-refractivity contribution in [1.82, 2.24) is 14.9 Å². The Hall–Kier alpha value is -2.92. The molecule has 0 saturated heterocycles. The molecule has 130 valence electrons. The maximum absolute atomic E-state index is 13.0. The third-order valence-corrected chi connectivity index (χ3v) is 5.13. The smallest absolute Gasteiger partial charge is 0.203 e. The highest BCUT2D eigenvalue weighted by atomic mass is 16.5. The van der Waals surface area contributed by atoms with Gasteiger partial charge in [0.15, 0.2) is 6.10 Å². The Balaban J connectivity index is 1.44. The molecule has 5 rings (SSSR count). The molecular weight excluding hydrogens is 326 g/mol. The normalized spacial score (nSPS) is 18.1. The lowest BCUT2D eigenvalue weighted by molar-refractivity contribution is 0.0824. The fourth-order valence-electron chi connectivity index (χ4n) is 3.78. The summed E-state index contributed by atoms with van der Waals surface area (Å²) in [6, 6.07) is 15.6. The Morgan fingerprint density at radius 1 is 1.19 bits per heavy atom. The number of carbonyl (C=O) groups excluding carboxylic acids is 1. The zero-order valence-corrected chi connectivity index (χ0v) is 14.3. The van der Waals surface area contributed by atoms with Gasteiger partial charge in [0, 0.05) is 42.9 Å². The molecule has 26 heavy (non-hydrogen) atoms. The molecule has 5 nitrogen and oxygen atoms in total. The molecule has 2 aliphatic rings. The van der Waals surface area contributed by atoms with Gasteiger partial charge in [0.2, 0.25) is 5.78 Å². The van der Waals surface area contributed by atoms with Crippen molar-refractivity contribution in [1.29, 1.82) is 0 Å². The van der Waals surface area contributed by atoms with Gasteiger partial charge in [-0.05, 0) is 23.8 Å². The molecule has 1 N–H and O–H groups in total. The van der Waals surface area contributed by atoms with Gasteiger partial charge in [-0.3, -0.25) is 4.79 Å². The van der Waals surface area contributed by atoms with Gasteiger partial charge >= 0.3 is 0 Å². The summed E-state index contributed by atoms with van der Waals surface area (Å²) in [5.41, 5.74) is 5.05. The number of Topliss-reactive ketones (excluding diaryl/α,β-unsaturated/α-hetero) is 1. The number of nitrogens with one attached hydrogen (secondary N) is 1. The lowest BCUT2D eigenvalue weighted by atomic mass is 10.0. The van der Waals surface area contributed by atoms with Crippen LogP contribution in [0.2, 0.25) is 0 Å². The first kappa shape index (κ1) is 15.3. The number of hydrogen-bond acceptors (Lipinski definition) is 4. The molecule has 0 radical (unpaired) electrons. The van der Waals surface area contributed by atoms with E-state index in [1.165, 1.54) is 5.69 Å². The van der Waals surface area contributed by atoms with Crippen molar-refractivity contribution in [2.24, 2.45) is 0 Å². The second kappa shape index (κ2) is 6.11. The van der Waals surface area contributed by atoms with Gasteiger partial charge in [0.1, 0.15) is 5.75 Å². The van der Waals surface area contributed by atoms with Crippen LogP contribution in [0.15, 0.2) is 54.9 Å². The lowest BCUT2D eigenvalue weighted by Crippen LogP contribution is -2.26. The summed E-state index contributed by atoms with van der Waals surface area (Å²) in [6.07, 6.45) is 2.98. The van der Waals surface area contributed by atoms with Crippen LogP contribution in [0, 0.1) is 0 Å². The van der Waals surface area contributed by atoms with E-state index >= 15 is 0 Å². The van der Waals surface area contributed by atoms with Gasteiger partial charge in [0.25, 0.3) is 0 Å². The minimum Gasteiger partial charge on any atom is -0.482 e. The summed E-state index contributed by atoms with van der Waals surface area (Å²) in [7, 11) is 0. The van der Waals surface area contributed by atoms with E-state index in [1.807, 2.05) is 54.9 Å². The fraction of sp³-hybridized carbons (Fsp3) is 0.238. The maximum atomic E-state index is 13.0. The number of fused-ring (bicyclic) bond motifs is 2. The Kier molecular flexibility index (Phi) is 3.60. The van der Waals surface area contributed by atoms with Crippen LogP contribution in [-0.2, 0) is 19.4 Å². The van der Waals surface area contributed by atoms with Gasteiger partial charge in [-0.1, -0.05) is 30.3 Å². The first-order chi connectivity index (χ1) is 12.8. The Morgan fingerprint density at radius 3 is 3.04 bits per heavy atom. The first-order valence-corrected chi connectivity index (χ1v) is 8.94. The van der Waals surface area contributed by atoms with Gasteiger partial charge in [-0.25, -0.2) is 4.98 Å². The SMILES string of the molecule is O=C(c1cccc(-n2cnc3c2CCNC3)c1)C1Cc2ccccc2O1. The number of para-hydroxylation sites is 1. The van der Waals surface area contributed by atoms with Crippen molar-refractivity contribution in [3.63, 3.8) is 0 Å². The van der Waals surface area contributed by atoms with Gasteiger partial charge in [0.05, 0.1) is 12.0 Å². The molecule has 0 bridgehead atoms. The molecule has 1 unspecified atom stereocenters. The van der Waals surface area contributed by atoms with E-state index < -0.39 is 6.10 Å². The third-order valence-electron chi connectivity index (χ3n) is 5.13. The summed E-state index contributed by atoms with van der Waals surface area (Å²) in [5.74, 6) is 0.844. The summed E-state index contributed by atoms with van der Waals surface area (Å²) in [5, 5.41) is 3.33. The van der Waals surface area contributed by atoms with E-state index in [0.29, 0.717) is 12.0 Å². The van der Waals surface area contributed by atoms with Crippen LogP contribution in [0.25, 0.3) is 5.69 Å². The number of carbonyl (C=O) groups is 1. The van der Waals surface area contributed by atoms with Crippen LogP contribution in [0.3, 0.4) is 0 Å². The highest BCUT2D eigenvalue weighted by molar-refractivity contribution is 6.00. The van der Waals surface area contributed by atoms with Gasteiger partial charge in [-0.2, -0.15) is 0 Å². The minimum absolute atomic E-state index is 0.0266. The highest BCUT2D eigenvalue weighted by Gasteiger charge is 2.29. The van der Waals surface area contributed by atoms with Crippen LogP contribution < -0.4 is 10.1 Å². The zero-order valence-electron chi connectivity index (χ0n) is 14.3.